The van der Waals surface area contributed by atoms with Gasteiger partial charge in [-0.05, 0) is 52.7 Å². The number of rotatable bonds is 3. The van der Waals surface area contributed by atoms with Crippen LogP contribution in [0, 0.1) is 0 Å². The predicted molar refractivity (Wildman–Crippen MR) is 137 cm³/mol. The lowest BCUT2D eigenvalue weighted by atomic mass is 9.87. The minimum Gasteiger partial charge on any atom is -0.493 e. The van der Waals surface area contributed by atoms with Gasteiger partial charge in [-0.1, -0.05) is 30.3 Å². The Bertz CT molecular complexity index is 1640. The summed E-state index contributed by atoms with van der Waals surface area (Å²) in [6.45, 7) is 0.251. The summed E-state index contributed by atoms with van der Waals surface area (Å²) in [6, 6.07) is 23.2. The molecule has 5 aromatic rings. The third kappa shape index (κ3) is 2.71. The maximum absolute atomic E-state index is 5.98. The van der Waals surface area contributed by atoms with E-state index in [9.17, 15) is 0 Å². The van der Waals surface area contributed by atoms with Gasteiger partial charge in [-0.25, -0.2) is 0 Å². The second kappa shape index (κ2) is 7.34. The molecule has 0 fully saturated rings. The Morgan fingerprint density at radius 3 is 2.46 bits per heavy atom. The van der Waals surface area contributed by atoms with Crippen molar-refractivity contribution in [3.05, 3.63) is 78.5 Å². The van der Waals surface area contributed by atoms with E-state index in [1.165, 1.54) is 5.39 Å². The molecule has 6 heteroatoms. The van der Waals surface area contributed by atoms with Gasteiger partial charge in [-0.3, -0.25) is 0 Å². The third-order valence-corrected chi connectivity index (χ3v) is 7.23. The van der Waals surface area contributed by atoms with Crippen LogP contribution in [0.15, 0.2) is 72.9 Å². The minimum absolute atomic E-state index is 0.154. The van der Waals surface area contributed by atoms with Crippen molar-refractivity contribution in [3.63, 3.8) is 0 Å². The fourth-order valence-corrected chi connectivity index (χ4v) is 5.70. The molecule has 7 rings (SSSR count). The van der Waals surface area contributed by atoms with Crippen molar-refractivity contribution in [2.45, 2.75) is 6.17 Å². The zero-order valence-electron chi connectivity index (χ0n) is 19.7. The summed E-state index contributed by atoms with van der Waals surface area (Å²) < 4.78 is 25.4. The Labute approximate surface area is 202 Å². The molecule has 0 radical (unpaired) electrons. The molecule has 2 aliphatic rings. The minimum atomic E-state index is -0.154. The summed E-state index contributed by atoms with van der Waals surface area (Å²) in [5.41, 5.74) is 5.63. The molecule has 0 saturated heterocycles. The molecule has 1 aromatic heterocycles. The number of anilines is 1. The molecule has 3 heterocycles. The number of methoxy groups -OCH3 is 2. The summed E-state index contributed by atoms with van der Waals surface area (Å²) in [5, 5.41) is 3.42. The van der Waals surface area contributed by atoms with Gasteiger partial charge in [0.2, 0.25) is 6.79 Å². The molecule has 0 amide bonds. The fraction of sp³-hybridized carbons (Fsp3) is 0.172. The predicted octanol–water partition coefficient (Wildman–Crippen LogP) is 6.20. The number of hydrogen-bond donors (Lipinski definition) is 0. The topological polar surface area (TPSA) is 45.1 Å². The van der Waals surface area contributed by atoms with E-state index in [1.807, 2.05) is 6.07 Å². The highest BCUT2D eigenvalue weighted by Crippen LogP contribution is 2.54. The number of benzene rings is 4. The Hall–Kier alpha value is -4.32. The second-order valence-electron chi connectivity index (χ2n) is 8.92. The standard InChI is InChI=1S/C29H24N2O4/c1-30-27-20(9-8-18-14-24-25(15-21(18)27)35-16-34-24)19-10-11-23(32-2)28(33-3)26(19)29(30)31-13-12-17-6-4-5-7-22(17)31/h4-15,29H,16H2,1-3H3. The Morgan fingerprint density at radius 2 is 1.63 bits per heavy atom. The molecule has 0 spiro atoms. The van der Waals surface area contributed by atoms with Crippen molar-refractivity contribution in [3.8, 4) is 34.1 Å². The first-order chi connectivity index (χ1) is 17.2. The number of aromatic nitrogens is 1. The van der Waals surface area contributed by atoms with E-state index >= 15 is 0 Å². The third-order valence-electron chi connectivity index (χ3n) is 7.23. The molecule has 4 aromatic carbocycles. The van der Waals surface area contributed by atoms with Crippen molar-refractivity contribution in [1.82, 2.24) is 4.57 Å². The summed E-state index contributed by atoms with van der Waals surface area (Å²) in [5.74, 6) is 3.03. The number of para-hydroxylation sites is 1. The molecule has 1 atom stereocenters. The first-order valence-corrected chi connectivity index (χ1v) is 11.6. The largest absolute Gasteiger partial charge is 0.493 e. The van der Waals surface area contributed by atoms with E-state index in [0.717, 1.165) is 55.9 Å². The first kappa shape index (κ1) is 20.1. The van der Waals surface area contributed by atoms with Crippen molar-refractivity contribution in [1.29, 1.82) is 0 Å². The molecule has 174 valence electrons. The van der Waals surface area contributed by atoms with E-state index < -0.39 is 0 Å². The summed E-state index contributed by atoms with van der Waals surface area (Å²) in [4.78, 5) is 2.33. The van der Waals surface area contributed by atoms with Crippen molar-refractivity contribution in [2.75, 3.05) is 33.0 Å². The Kier molecular flexibility index (Phi) is 4.21. The maximum Gasteiger partial charge on any atom is 0.231 e. The van der Waals surface area contributed by atoms with Gasteiger partial charge in [0.25, 0.3) is 0 Å². The van der Waals surface area contributed by atoms with Gasteiger partial charge >= 0.3 is 0 Å². The van der Waals surface area contributed by atoms with Gasteiger partial charge in [0.1, 0.15) is 6.17 Å². The molecule has 35 heavy (non-hydrogen) atoms. The summed E-state index contributed by atoms with van der Waals surface area (Å²) in [6.07, 6.45) is 2.00. The van der Waals surface area contributed by atoms with Crippen LogP contribution >= 0.6 is 0 Å². The molecule has 2 aliphatic heterocycles. The highest BCUT2D eigenvalue weighted by atomic mass is 16.7. The van der Waals surface area contributed by atoms with Gasteiger partial charge in [0, 0.05) is 29.8 Å². The first-order valence-electron chi connectivity index (χ1n) is 11.6. The van der Waals surface area contributed by atoms with Crippen LogP contribution < -0.4 is 23.8 Å². The number of ether oxygens (including phenoxy) is 4. The fourth-order valence-electron chi connectivity index (χ4n) is 5.70. The molecule has 1 unspecified atom stereocenters. The lowest BCUT2D eigenvalue weighted by Gasteiger charge is -2.40. The van der Waals surface area contributed by atoms with Crippen molar-refractivity contribution >= 4 is 27.4 Å². The summed E-state index contributed by atoms with van der Waals surface area (Å²) >= 11 is 0. The molecular formula is C29H24N2O4. The maximum atomic E-state index is 5.98. The normalized spacial score (nSPS) is 15.9. The van der Waals surface area contributed by atoms with Gasteiger partial charge < -0.3 is 28.4 Å². The number of hydrogen-bond acceptors (Lipinski definition) is 5. The Morgan fingerprint density at radius 1 is 0.829 bits per heavy atom. The van der Waals surface area contributed by atoms with E-state index in [2.05, 4.69) is 83.4 Å². The number of nitrogens with zero attached hydrogens (tertiary/aromatic N) is 2. The van der Waals surface area contributed by atoms with Crippen LogP contribution in [0.5, 0.6) is 23.0 Å². The van der Waals surface area contributed by atoms with Gasteiger partial charge in [0.05, 0.1) is 25.4 Å². The van der Waals surface area contributed by atoms with E-state index in [0.29, 0.717) is 5.75 Å². The van der Waals surface area contributed by atoms with Gasteiger partial charge in [-0.15, -0.1) is 0 Å². The lowest BCUT2D eigenvalue weighted by Crippen LogP contribution is -2.33. The zero-order valence-corrected chi connectivity index (χ0v) is 19.7. The monoisotopic (exact) mass is 464 g/mol. The van der Waals surface area contributed by atoms with Crippen LogP contribution in [-0.2, 0) is 0 Å². The number of fused-ring (bicyclic) bond motifs is 7. The highest BCUT2D eigenvalue weighted by Gasteiger charge is 2.36. The van der Waals surface area contributed by atoms with E-state index in [-0.39, 0.29) is 13.0 Å². The molecule has 0 bridgehead atoms. The zero-order chi connectivity index (χ0) is 23.7. The van der Waals surface area contributed by atoms with Crippen LogP contribution in [0.2, 0.25) is 0 Å². The van der Waals surface area contributed by atoms with Crippen LogP contribution in [0.4, 0.5) is 5.69 Å². The SMILES string of the molecule is COc1ccc2c(c1OC)C(n1ccc3ccccc31)N(C)c1c-2ccc2cc3c(cc12)OCO3. The summed E-state index contributed by atoms with van der Waals surface area (Å²) in [7, 11) is 5.53. The second-order valence-corrected chi connectivity index (χ2v) is 8.92. The molecule has 0 N–H and O–H groups in total. The van der Waals surface area contributed by atoms with Gasteiger partial charge in [-0.2, -0.15) is 0 Å². The van der Waals surface area contributed by atoms with Crippen LogP contribution in [0.25, 0.3) is 32.8 Å². The molecule has 0 aliphatic carbocycles. The Balaban J connectivity index is 1.58. The molecule has 0 saturated carbocycles. The average Bonchev–Trinajstić information content (AvgIpc) is 3.53. The van der Waals surface area contributed by atoms with Gasteiger partial charge in [0.15, 0.2) is 23.0 Å². The van der Waals surface area contributed by atoms with Crippen LogP contribution in [0.3, 0.4) is 0 Å². The van der Waals surface area contributed by atoms with E-state index in [4.69, 9.17) is 18.9 Å². The average molecular weight is 465 g/mol. The molecule has 6 nitrogen and oxygen atoms in total. The lowest BCUT2D eigenvalue weighted by molar-refractivity contribution is 0.174. The van der Waals surface area contributed by atoms with Crippen LogP contribution in [0.1, 0.15) is 11.7 Å². The van der Waals surface area contributed by atoms with E-state index in [1.54, 1.807) is 14.2 Å². The van der Waals surface area contributed by atoms with Crippen LogP contribution in [-0.4, -0.2) is 32.6 Å². The quantitative estimate of drug-likeness (QED) is 0.318. The van der Waals surface area contributed by atoms with Crippen molar-refractivity contribution in [2.24, 2.45) is 0 Å². The van der Waals surface area contributed by atoms with Crippen molar-refractivity contribution < 1.29 is 18.9 Å². The molecular weight excluding hydrogens is 440 g/mol. The smallest absolute Gasteiger partial charge is 0.231 e. The highest BCUT2D eigenvalue weighted by molar-refractivity contribution is 6.06.